The van der Waals surface area contributed by atoms with Gasteiger partial charge in [0.25, 0.3) is 0 Å². The zero-order valence-electron chi connectivity index (χ0n) is 14.3. The van der Waals surface area contributed by atoms with Gasteiger partial charge in [0.1, 0.15) is 30.3 Å². The van der Waals surface area contributed by atoms with Gasteiger partial charge in [-0.25, -0.2) is 14.0 Å². The molecule has 1 aromatic carbocycles. The van der Waals surface area contributed by atoms with Crippen molar-refractivity contribution in [1.29, 1.82) is 0 Å². The Labute approximate surface area is 153 Å². The molecule has 1 N–H and O–H groups in total. The maximum atomic E-state index is 14.1. The summed E-state index contributed by atoms with van der Waals surface area (Å²) in [6.45, 7) is 0.00309. The zero-order chi connectivity index (χ0) is 19.6. The lowest BCUT2D eigenvalue weighted by Crippen LogP contribution is -2.28. The number of rotatable bonds is 6. The summed E-state index contributed by atoms with van der Waals surface area (Å²) in [7, 11) is -1.11. The number of benzene rings is 1. The van der Waals surface area contributed by atoms with Crippen molar-refractivity contribution < 1.29 is 47.4 Å². The highest BCUT2D eigenvalue weighted by molar-refractivity contribution is 6.48. The highest BCUT2D eigenvalue weighted by Gasteiger charge is 2.54. The van der Waals surface area contributed by atoms with Gasteiger partial charge in [-0.15, -0.1) is 0 Å². The first-order chi connectivity index (χ1) is 12.9. The van der Waals surface area contributed by atoms with Gasteiger partial charge < -0.3 is 28.6 Å². The topological polar surface area (TPSA) is 118 Å². The van der Waals surface area contributed by atoms with Crippen LogP contribution < -0.4 is 4.65 Å². The normalized spacial score (nSPS) is 19.1. The van der Waals surface area contributed by atoms with Crippen LogP contribution in [0, 0.1) is 5.82 Å². The van der Waals surface area contributed by atoms with Gasteiger partial charge in [0.15, 0.2) is 0 Å². The van der Waals surface area contributed by atoms with E-state index >= 15 is 0 Å². The maximum absolute atomic E-state index is 14.1. The maximum Gasteiger partial charge on any atom is 0.526 e. The van der Waals surface area contributed by atoms with Crippen molar-refractivity contribution in [2.75, 3.05) is 20.0 Å². The summed E-state index contributed by atoms with van der Waals surface area (Å²) in [6, 6.07) is 2.63. The summed E-state index contributed by atoms with van der Waals surface area (Å²) in [5.74, 6) is -2.62. The van der Waals surface area contributed by atoms with Crippen molar-refractivity contribution in [3.8, 4) is 5.75 Å². The molecule has 1 fully saturated rings. The highest BCUT2D eigenvalue weighted by atomic mass is 19.1. The van der Waals surface area contributed by atoms with Crippen LogP contribution in [-0.2, 0) is 23.7 Å². The third-order valence-corrected chi connectivity index (χ3v) is 4.16. The second kappa shape index (κ2) is 7.83. The summed E-state index contributed by atoms with van der Waals surface area (Å²) in [5.41, 5.74) is 0.160. The van der Waals surface area contributed by atoms with E-state index in [1.807, 2.05) is 0 Å². The number of ether oxygens (including phenoxy) is 4. The first kappa shape index (κ1) is 19.0. The molecule has 2 atom stereocenters. The number of hydrogen-bond donors (Lipinski definition) is 1. The molecule has 0 radical (unpaired) electrons. The van der Waals surface area contributed by atoms with Gasteiger partial charge >= 0.3 is 25.2 Å². The Kier molecular flexibility index (Phi) is 5.50. The molecule has 1 aromatic rings. The molecular formula is C16H16BFO9. The van der Waals surface area contributed by atoms with Crippen molar-refractivity contribution in [2.45, 2.75) is 25.1 Å². The number of hydrogen-bond acceptors (Lipinski definition) is 9. The number of halogens is 1. The van der Waals surface area contributed by atoms with Gasteiger partial charge in [-0.3, -0.25) is 4.79 Å². The Morgan fingerprint density at radius 1 is 1.22 bits per heavy atom. The van der Waals surface area contributed by atoms with E-state index in [9.17, 15) is 23.8 Å². The Morgan fingerprint density at radius 2 is 1.96 bits per heavy atom. The number of fused-ring (bicyclic) bond motifs is 3. The lowest BCUT2D eigenvalue weighted by molar-refractivity contribution is -0.142. The minimum Gasteiger partial charge on any atom is -0.535 e. The molecule has 0 aromatic heterocycles. The van der Waals surface area contributed by atoms with Crippen molar-refractivity contribution in [3.63, 3.8) is 0 Å². The lowest BCUT2D eigenvalue weighted by Gasteiger charge is -2.21. The Hall–Kier alpha value is -2.82. The zero-order valence-corrected chi connectivity index (χ0v) is 14.3. The Bertz CT molecular complexity index is 769. The third kappa shape index (κ3) is 4.30. The quantitative estimate of drug-likeness (QED) is 0.256. The number of carbonyl (C=O) groups is 3. The van der Waals surface area contributed by atoms with E-state index in [1.165, 1.54) is 13.0 Å². The van der Waals surface area contributed by atoms with E-state index in [0.29, 0.717) is 12.0 Å². The van der Waals surface area contributed by atoms with Crippen LogP contribution >= 0.6 is 0 Å². The third-order valence-electron chi connectivity index (χ3n) is 4.16. The Morgan fingerprint density at radius 3 is 2.70 bits per heavy atom. The standard InChI is InChI=1S/C16H16BFO9/c1-8(19)23-4-5-24-16(21)26-7-25-15(20)13-12(18)3-2-9-10-6-11(10)17(22)27-14(9)13/h2-3,10-11,22H,4-7H2,1H3/t10-,11-/m1/s1. The van der Waals surface area contributed by atoms with E-state index in [0.717, 1.165) is 6.07 Å². The van der Waals surface area contributed by atoms with Gasteiger partial charge in [0, 0.05) is 12.7 Å². The molecule has 144 valence electrons. The second-order valence-electron chi connectivity index (χ2n) is 5.99. The molecule has 0 unspecified atom stereocenters. The second-order valence-corrected chi connectivity index (χ2v) is 5.99. The monoisotopic (exact) mass is 382 g/mol. The summed E-state index contributed by atoms with van der Waals surface area (Å²) in [6.07, 6.45) is -0.464. The lowest BCUT2D eigenvalue weighted by atomic mass is 9.77. The summed E-state index contributed by atoms with van der Waals surface area (Å²) in [4.78, 5) is 34.0. The van der Waals surface area contributed by atoms with Crippen molar-refractivity contribution in [3.05, 3.63) is 29.1 Å². The van der Waals surface area contributed by atoms with Crippen LogP contribution in [0.2, 0.25) is 5.82 Å². The average molecular weight is 382 g/mol. The summed E-state index contributed by atoms with van der Waals surface area (Å²) in [5, 5.41) is 9.84. The van der Waals surface area contributed by atoms with Gasteiger partial charge in [-0.1, -0.05) is 6.07 Å². The van der Waals surface area contributed by atoms with E-state index in [1.54, 1.807) is 0 Å². The molecule has 0 amide bonds. The molecule has 0 saturated heterocycles. The van der Waals surface area contributed by atoms with Gasteiger partial charge in [-0.2, -0.15) is 0 Å². The smallest absolute Gasteiger partial charge is 0.526 e. The van der Waals surface area contributed by atoms with Crippen LogP contribution in [0.4, 0.5) is 9.18 Å². The minimum atomic E-state index is -1.15. The van der Waals surface area contributed by atoms with Crippen molar-refractivity contribution >= 4 is 25.2 Å². The fourth-order valence-electron chi connectivity index (χ4n) is 2.83. The van der Waals surface area contributed by atoms with Gasteiger partial charge in [0.2, 0.25) is 6.79 Å². The first-order valence-corrected chi connectivity index (χ1v) is 8.15. The molecule has 3 rings (SSSR count). The molecule has 9 nitrogen and oxygen atoms in total. The fourth-order valence-corrected chi connectivity index (χ4v) is 2.83. The van der Waals surface area contributed by atoms with Crippen molar-refractivity contribution in [2.24, 2.45) is 0 Å². The minimum absolute atomic E-state index is 0.0133. The van der Waals surface area contributed by atoms with E-state index in [2.05, 4.69) is 14.2 Å². The molecule has 1 heterocycles. The van der Waals surface area contributed by atoms with Crippen LogP contribution in [0.15, 0.2) is 12.1 Å². The number of carbonyl (C=O) groups excluding carboxylic acids is 3. The van der Waals surface area contributed by atoms with E-state index in [4.69, 9.17) is 9.39 Å². The molecule has 0 spiro atoms. The SMILES string of the molecule is CC(=O)OCCOC(=O)OCOC(=O)c1c(F)ccc2c1OB(O)[C@@H]1C[C@H]21. The van der Waals surface area contributed by atoms with E-state index < -0.39 is 43.4 Å². The molecule has 27 heavy (non-hydrogen) atoms. The van der Waals surface area contributed by atoms with Crippen LogP contribution in [0.5, 0.6) is 5.75 Å². The first-order valence-electron chi connectivity index (χ1n) is 8.15. The fraction of sp³-hybridized carbons (Fsp3) is 0.438. The van der Waals surface area contributed by atoms with Crippen LogP contribution in [-0.4, -0.2) is 50.2 Å². The molecule has 2 aliphatic rings. The molecule has 1 saturated carbocycles. The molecule has 0 bridgehead atoms. The van der Waals surface area contributed by atoms with Gasteiger partial charge in [0.05, 0.1) is 0 Å². The molecule has 1 aliphatic carbocycles. The molecule has 11 heteroatoms. The molecular weight excluding hydrogens is 366 g/mol. The highest BCUT2D eigenvalue weighted by Crippen LogP contribution is 2.60. The van der Waals surface area contributed by atoms with Crippen LogP contribution in [0.3, 0.4) is 0 Å². The summed E-state index contributed by atoms with van der Waals surface area (Å²) >= 11 is 0. The predicted molar refractivity (Wildman–Crippen MR) is 85.5 cm³/mol. The largest absolute Gasteiger partial charge is 0.535 e. The van der Waals surface area contributed by atoms with Gasteiger partial charge in [-0.05, 0) is 24.0 Å². The average Bonchev–Trinajstić information content (AvgIpc) is 3.40. The van der Waals surface area contributed by atoms with Crippen molar-refractivity contribution in [1.82, 2.24) is 0 Å². The van der Waals surface area contributed by atoms with E-state index in [-0.39, 0.29) is 30.7 Å². The summed E-state index contributed by atoms with van der Waals surface area (Å²) < 4.78 is 37.7. The van der Waals surface area contributed by atoms with Crippen LogP contribution in [0.25, 0.3) is 0 Å². The predicted octanol–water partition coefficient (Wildman–Crippen LogP) is 1.39. The van der Waals surface area contributed by atoms with Crippen LogP contribution in [0.1, 0.15) is 35.2 Å². The number of esters is 2. The Balaban J connectivity index is 1.52. The molecule has 1 aliphatic heterocycles.